The molecular formula is C8H13NO3. The van der Waals surface area contributed by atoms with Crippen LogP contribution in [0.25, 0.3) is 0 Å². The van der Waals surface area contributed by atoms with Crippen molar-refractivity contribution in [2.24, 2.45) is 0 Å². The summed E-state index contributed by atoms with van der Waals surface area (Å²) in [4.78, 5) is 0. The minimum atomic E-state index is -0.213. The summed E-state index contributed by atoms with van der Waals surface area (Å²) in [6, 6.07) is 2.06. The smallest absolute Gasteiger partial charge is 0.158 e. The van der Waals surface area contributed by atoms with Gasteiger partial charge in [-0.05, 0) is 12.8 Å². The minimum absolute atomic E-state index is 0.00868. The highest BCUT2D eigenvalue weighted by molar-refractivity contribution is 4.70. The van der Waals surface area contributed by atoms with E-state index in [1.807, 2.05) is 0 Å². The molecule has 1 saturated heterocycles. The van der Waals surface area contributed by atoms with Gasteiger partial charge in [0.05, 0.1) is 19.3 Å². The third-order valence-electron chi connectivity index (χ3n) is 1.74. The molecule has 0 bridgehead atoms. The van der Waals surface area contributed by atoms with Crippen LogP contribution in [0.2, 0.25) is 0 Å². The molecule has 2 unspecified atom stereocenters. The summed E-state index contributed by atoms with van der Waals surface area (Å²) in [5, 5.41) is 17.0. The molecule has 1 rings (SSSR count). The van der Waals surface area contributed by atoms with E-state index in [1.54, 1.807) is 0 Å². The van der Waals surface area contributed by atoms with E-state index in [0.29, 0.717) is 13.0 Å². The van der Waals surface area contributed by atoms with Crippen molar-refractivity contribution < 1.29 is 14.6 Å². The van der Waals surface area contributed by atoms with Crippen molar-refractivity contribution in [3.05, 3.63) is 0 Å². The first kappa shape index (κ1) is 9.46. The maximum Gasteiger partial charge on any atom is 0.158 e. The zero-order chi connectivity index (χ0) is 8.81. The quantitative estimate of drug-likeness (QED) is 0.622. The molecule has 2 atom stereocenters. The Morgan fingerprint density at radius 2 is 2.42 bits per heavy atom. The number of unbranched alkanes of at least 4 members (excludes halogenated alkanes) is 1. The number of ether oxygens (including phenoxy) is 2. The summed E-state index contributed by atoms with van der Waals surface area (Å²) in [5.74, 6) is 0. The Kier molecular flexibility index (Phi) is 4.01. The van der Waals surface area contributed by atoms with Crippen LogP contribution in [0.3, 0.4) is 0 Å². The molecule has 1 fully saturated rings. The van der Waals surface area contributed by atoms with Crippen LogP contribution in [0.4, 0.5) is 0 Å². The van der Waals surface area contributed by atoms with Crippen molar-refractivity contribution in [1.82, 2.24) is 0 Å². The molecule has 68 valence electrons. The minimum Gasteiger partial charge on any atom is -0.394 e. The highest BCUT2D eigenvalue weighted by Crippen LogP contribution is 2.15. The summed E-state index contributed by atoms with van der Waals surface area (Å²) in [7, 11) is 0. The lowest BCUT2D eigenvalue weighted by Gasteiger charge is -2.08. The fourth-order valence-corrected chi connectivity index (χ4v) is 1.10. The molecule has 1 heterocycles. The molecule has 0 aromatic carbocycles. The van der Waals surface area contributed by atoms with Gasteiger partial charge >= 0.3 is 0 Å². The van der Waals surface area contributed by atoms with Gasteiger partial charge in [0, 0.05) is 6.42 Å². The van der Waals surface area contributed by atoms with Crippen LogP contribution in [0.1, 0.15) is 19.3 Å². The van der Waals surface area contributed by atoms with Gasteiger partial charge in [0.15, 0.2) is 6.29 Å². The van der Waals surface area contributed by atoms with Crippen molar-refractivity contribution in [2.45, 2.75) is 31.7 Å². The van der Waals surface area contributed by atoms with Crippen LogP contribution in [0.5, 0.6) is 0 Å². The van der Waals surface area contributed by atoms with Crippen molar-refractivity contribution in [2.75, 3.05) is 13.2 Å². The Hall–Kier alpha value is -0.630. The lowest BCUT2D eigenvalue weighted by molar-refractivity contribution is -0.0696. The second kappa shape index (κ2) is 5.09. The monoisotopic (exact) mass is 171 g/mol. The van der Waals surface area contributed by atoms with Gasteiger partial charge < -0.3 is 14.6 Å². The number of hydrogen-bond donors (Lipinski definition) is 1. The molecule has 1 aliphatic heterocycles. The second-order valence-electron chi connectivity index (χ2n) is 2.75. The van der Waals surface area contributed by atoms with E-state index in [0.717, 1.165) is 12.8 Å². The van der Waals surface area contributed by atoms with Crippen molar-refractivity contribution in [3.8, 4) is 6.07 Å². The van der Waals surface area contributed by atoms with Crippen molar-refractivity contribution >= 4 is 0 Å². The molecule has 0 radical (unpaired) electrons. The lowest BCUT2D eigenvalue weighted by atomic mass is 10.2. The predicted octanol–water partition coefficient (Wildman–Crippen LogP) is 0.414. The van der Waals surface area contributed by atoms with Crippen molar-refractivity contribution in [3.63, 3.8) is 0 Å². The number of nitriles is 1. The molecule has 0 aliphatic carbocycles. The average molecular weight is 171 g/mol. The van der Waals surface area contributed by atoms with Crippen LogP contribution < -0.4 is 0 Å². The molecule has 0 saturated carbocycles. The fraction of sp³-hybridized carbons (Fsp3) is 0.875. The molecule has 1 aliphatic rings. The van der Waals surface area contributed by atoms with Crippen LogP contribution in [-0.2, 0) is 9.47 Å². The average Bonchev–Trinajstić information content (AvgIpc) is 2.53. The SMILES string of the molecule is N#CCCCC1OCC(CO)O1. The summed E-state index contributed by atoms with van der Waals surface area (Å²) in [6.45, 7) is 0.475. The van der Waals surface area contributed by atoms with Gasteiger partial charge in [0.1, 0.15) is 6.10 Å². The van der Waals surface area contributed by atoms with Gasteiger partial charge in [-0.1, -0.05) is 0 Å². The van der Waals surface area contributed by atoms with E-state index >= 15 is 0 Å². The third kappa shape index (κ3) is 2.78. The predicted molar refractivity (Wildman–Crippen MR) is 41.2 cm³/mol. The highest BCUT2D eigenvalue weighted by atomic mass is 16.7. The van der Waals surface area contributed by atoms with Gasteiger partial charge in [-0.2, -0.15) is 5.26 Å². The Morgan fingerprint density at radius 3 is 3.00 bits per heavy atom. The van der Waals surface area contributed by atoms with Crippen LogP contribution in [-0.4, -0.2) is 30.7 Å². The van der Waals surface area contributed by atoms with E-state index in [4.69, 9.17) is 19.8 Å². The number of nitrogens with zero attached hydrogens (tertiary/aromatic N) is 1. The number of aliphatic hydroxyl groups excluding tert-OH is 1. The largest absolute Gasteiger partial charge is 0.394 e. The van der Waals surface area contributed by atoms with E-state index in [9.17, 15) is 0 Å². The van der Waals surface area contributed by atoms with Gasteiger partial charge in [-0.15, -0.1) is 0 Å². The first-order valence-electron chi connectivity index (χ1n) is 4.11. The highest BCUT2D eigenvalue weighted by Gasteiger charge is 2.24. The maximum atomic E-state index is 8.70. The fourth-order valence-electron chi connectivity index (χ4n) is 1.10. The standard InChI is InChI=1S/C8H13NO3/c9-4-2-1-3-8-11-6-7(5-10)12-8/h7-8,10H,1-3,5-6H2. The number of rotatable bonds is 4. The molecule has 0 spiro atoms. The van der Waals surface area contributed by atoms with Crippen LogP contribution in [0.15, 0.2) is 0 Å². The zero-order valence-corrected chi connectivity index (χ0v) is 6.90. The van der Waals surface area contributed by atoms with Gasteiger partial charge in [0.25, 0.3) is 0 Å². The Labute approximate surface area is 71.7 Å². The Morgan fingerprint density at radius 1 is 1.58 bits per heavy atom. The summed E-state index contributed by atoms with van der Waals surface area (Å²) in [6.07, 6.45) is 1.68. The number of aliphatic hydroxyl groups is 1. The van der Waals surface area contributed by atoms with E-state index in [2.05, 4.69) is 6.07 Å². The van der Waals surface area contributed by atoms with Gasteiger partial charge in [-0.3, -0.25) is 0 Å². The molecule has 0 aromatic heterocycles. The second-order valence-corrected chi connectivity index (χ2v) is 2.75. The first-order valence-corrected chi connectivity index (χ1v) is 4.11. The topological polar surface area (TPSA) is 62.5 Å². The molecule has 12 heavy (non-hydrogen) atoms. The summed E-state index contributed by atoms with van der Waals surface area (Å²) in [5.41, 5.74) is 0. The van der Waals surface area contributed by atoms with Crippen molar-refractivity contribution in [1.29, 1.82) is 5.26 Å². The normalized spacial score (nSPS) is 28.7. The van der Waals surface area contributed by atoms with E-state index < -0.39 is 0 Å². The molecular weight excluding hydrogens is 158 g/mol. The Bertz CT molecular complexity index is 166. The van der Waals surface area contributed by atoms with Gasteiger partial charge in [-0.25, -0.2) is 0 Å². The van der Waals surface area contributed by atoms with Gasteiger partial charge in [0.2, 0.25) is 0 Å². The Balaban J connectivity index is 2.07. The molecule has 4 nitrogen and oxygen atoms in total. The lowest BCUT2D eigenvalue weighted by Crippen LogP contribution is -2.16. The number of hydrogen-bond acceptors (Lipinski definition) is 4. The van der Waals surface area contributed by atoms with E-state index in [-0.39, 0.29) is 19.0 Å². The first-order chi connectivity index (χ1) is 5.86. The molecule has 0 aromatic rings. The van der Waals surface area contributed by atoms with Crippen LogP contribution >= 0.6 is 0 Å². The molecule has 4 heteroatoms. The van der Waals surface area contributed by atoms with E-state index in [1.165, 1.54) is 0 Å². The summed E-state index contributed by atoms with van der Waals surface area (Å²) < 4.78 is 10.5. The third-order valence-corrected chi connectivity index (χ3v) is 1.74. The summed E-state index contributed by atoms with van der Waals surface area (Å²) >= 11 is 0. The zero-order valence-electron chi connectivity index (χ0n) is 6.90. The molecule has 1 N–H and O–H groups in total. The maximum absolute atomic E-state index is 8.70. The molecule has 0 amide bonds. The van der Waals surface area contributed by atoms with Crippen LogP contribution in [0, 0.1) is 11.3 Å².